The van der Waals surface area contributed by atoms with Gasteiger partial charge in [-0.25, -0.2) is 0 Å². The van der Waals surface area contributed by atoms with E-state index in [-0.39, 0.29) is 11.7 Å². The van der Waals surface area contributed by atoms with Crippen LogP contribution in [0.4, 0.5) is 13.2 Å². The van der Waals surface area contributed by atoms with Gasteiger partial charge in [0, 0.05) is 24.8 Å². The molecule has 1 atom stereocenters. The molecule has 4 aromatic rings. The van der Waals surface area contributed by atoms with Crippen LogP contribution >= 0.6 is 0 Å². The predicted octanol–water partition coefficient (Wildman–Crippen LogP) is 5.50. The van der Waals surface area contributed by atoms with Crippen LogP contribution in [0, 0.1) is 13.8 Å². The Labute approximate surface area is 199 Å². The predicted molar refractivity (Wildman–Crippen MR) is 121 cm³/mol. The third-order valence-corrected chi connectivity index (χ3v) is 5.92. The molecule has 35 heavy (non-hydrogen) atoms. The number of rotatable bonds is 5. The quantitative estimate of drug-likeness (QED) is 0.375. The van der Waals surface area contributed by atoms with E-state index in [1.165, 1.54) is 12.1 Å². The van der Waals surface area contributed by atoms with Gasteiger partial charge < -0.3 is 9.15 Å². The number of allylic oxidation sites excluding steroid dienone is 1. The molecule has 1 aliphatic heterocycles. The van der Waals surface area contributed by atoms with Crippen LogP contribution in [0.2, 0.25) is 0 Å². The number of hydrogen-bond donors (Lipinski definition) is 0. The lowest BCUT2D eigenvalue weighted by Gasteiger charge is -2.16. The molecule has 2 aromatic carbocycles. The molecule has 0 saturated carbocycles. The van der Waals surface area contributed by atoms with Gasteiger partial charge in [-0.15, -0.1) is 33.6 Å². The number of ether oxygens (including phenoxy) is 1. The monoisotopic (exact) mass is 481 g/mol. The molecule has 10 heteroatoms. The molecular weight excluding hydrogens is 459 g/mol. The molecule has 0 aliphatic carbocycles. The Balaban J connectivity index is 1.72. The fourth-order valence-corrected chi connectivity index (χ4v) is 4.34. The SMILES string of the molecule is CCc1ccc(C2=CC(Cc3nnc(C)o3)c3nnc(C)n3-c3ccc(OC(F)(F)F)cc32)cc1. The lowest BCUT2D eigenvalue weighted by molar-refractivity contribution is -0.274. The van der Waals surface area contributed by atoms with Crippen LogP contribution in [-0.4, -0.2) is 31.3 Å². The van der Waals surface area contributed by atoms with Gasteiger partial charge in [0.1, 0.15) is 17.4 Å². The smallest absolute Gasteiger partial charge is 0.426 e. The Bertz CT molecular complexity index is 1400. The Hall–Kier alpha value is -3.95. The Morgan fingerprint density at radius 1 is 1.00 bits per heavy atom. The average molecular weight is 481 g/mol. The first-order chi connectivity index (χ1) is 16.7. The lowest BCUT2D eigenvalue weighted by Crippen LogP contribution is -2.17. The number of aromatic nitrogens is 5. The highest BCUT2D eigenvalue weighted by Gasteiger charge is 2.33. The maximum absolute atomic E-state index is 13.0. The van der Waals surface area contributed by atoms with Crippen molar-refractivity contribution < 1.29 is 22.3 Å². The van der Waals surface area contributed by atoms with Crippen molar-refractivity contribution in [2.75, 3.05) is 0 Å². The van der Waals surface area contributed by atoms with E-state index in [4.69, 9.17) is 4.42 Å². The number of nitrogens with zero attached hydrogens (tertiary/aromatic N) is 5. The zero-order valence-electron chi connectivity index (χ0n) is 19.3. The van der Waals surface area contributed by atoms with E-state index in [0.717, 1.165) is 23.1 Å². The molecule has 0 radical (unpaired) electrons. The van der Waals surface area contributed by atoms with Crippen molar-refractivity contribution in [1.29, 1.82) is 0 Å². The van der Waals surface area contributed by atoms with E-state index in [9.17, 15) is 13.2 Å². The van der Waals surface area contributed by atoms with Gasteiger partial charge in [-0.3, -0.25) is 4.57 Å². The summed E-state index contributed by atoms with van der Waals surface area (Å²) in [6.45, 7) is 5.58. The minimum absolute atomic E-state index is 0.300. The van der Waals surface area contributed by atoms with E-state index in [1.807, 2.05) is 34.9 Å². The van der Waals surface area contributed by atoms with Gasteiger partial charge in [-0.05, 0) is 48.2 Å². The van der Waals surface area contributed by atoms with Crippen LogP contribution < -0.4 is 4.74 Å². The lowest BCUT2D eigenvalue weighted by atomic mass is 9.92. The van der Waals surface area contributed by atoms with Gasteiger partial charge in [-0.1, -0.05) is 37.3 Å². The van der Waals surface area contributed by atoms with Crippen LogP contribution in [0.15, 0.2) is 53.0 Å². The fourth-order valence-electron chi connectivity index (χ4n) is 4.34. The van der Waals surface area contributed by atoms with E-state index < -0.39 is 6.36 Å². The summed E-state index contributed by atoms with van der Waals surface area (Å²) in [5, 5.41) is 16.7. The number of fused-ring (bicyclic) bond motifs is 3. The van der Waals surface area contributed by atoms with Crippen molar-refractivity contribution in [2.45, 2.75) is 45.9 Å². The van der Waals surface area contributed by atoms with Gasteiger partial charge in [0.25, 0.3) is 0 Å². The second-order valence-electron chi connectivity index (χ2n) is 8.32. The van der Waals surface area contributed by atoms with Crippen molar-refractivity contribution in [1.82, 2.24) is 25.0 Å². The number of benzene rings is 2. The zero-order valence-corrected chi connectivity index (χ0v) is 19.3. The number of halogens is 3. The van der Waals surface area contributed by atoms with Crippen molar-refractivity contribution in [3.8, 4) is 11.4 Å². The number of aryl methyl sites for hydroxylation is 3. The summed E-state index contributed by atoms with van der Waals surface area (Å²) in [5.41, 5.74) is 4.00. The van der Waals surface area contributed by atoms with Crippen molar-refractivity contribution in [2.24, 2.45) is 0 Å². The van der Waals surface area contributed by atoms with Crippen LogP contribution in [-0.2, 0) is 12.8 Å². The largest absolute Gasteiger partial charge is 0.573 e. The third-order valence-electron chi connectivity index (χ3n) is 5.92. The number of alkyl halides is 3. The summed E-state index contributed by atoms with van der Waals surface area (Å²) in [5.74, 6) is 1.49. The van der Waals surface area contributed by atoms with Crippen LogP contribution in [0.1, 0.15) is 53.0 Å². The number of hydrogen-bond acceptors (Lipinski definition) is 6. The minimum atomic E-state index is -4.80. The van der Waals surface area contributed by atoms with Gasteiger partial charge in [0.05, 0.1) is 5.69 Å². The van der Waals surface area contributed by atoms with Crippen LogP contribution in [0.5, 0.6) is 5.75 Å². The summed E-state index contributed by atoms with van der Waals surface area (Å²) in [6, 6.07) is 12.3. The third kappa shape index (κ3) is 4.55. The van der Waals surface area contributed by atoms with Crippen molar-refractivity contribution >= 4 is 5.57 Å². The van der Waals surface area contributed by atoms with Crippen LogP contribution in [0.25, 0.3) is 11.3 Å². The van der Waals surface area contributed by atoms with E-state index in [1.54, 1.807) is 19.9 Å². The van der Waals surface area contributed by atoms with Gasteiger partial charge >= 0.3 is 6.36 Å². The maximum Gasteiger partial charge on any atom is 0.573 e. The second-order valence-corrected chi connectivity index (χ2v) is 8.32. The summed E-state index contributed by atoms with van der Waals surface area (Å²) in [4.78, 5) is 0. The molecule has 0 spiro atoms. The summed E-state index contributed by atoms with van der Waals surface area (Å²) in [7, 11) is 0. The molecule has 1 aliphatic rings. The Morgan fingerprint density at radius 2 is 1.77 bits per heavy atom. The van der Waals surface area contributed by atoms with E-state index in [2.05, 4.69) is 32.1 Å². The van der Waals surface area contributed by atoms with Crippen molar-refractivity contribution in [3.63, 3.8) is 0 Å². The molecule has 3 heterocycles. The summed E-state index contributed by atoms with van der Waals surface area (Å²) >= 11 is 0. The molecule has 1 unspecified atom stereocenters. The molecule has 7 nitrogen and oxygen atoms in total. The molecule has 5 rings (SSSR count). The van der Waals surface area contributed by atoms with Gasteiger partial charge in [0.15, 0.2) is 0 Å². The molecule has 0 saturated heterocycles. The normalized spacial score (nSPS) is 15.3. The van der Waals surface area contributed by atoms with Crippen LogP contribution in [0.3, 0.4) is 0 Å². The summed E-state index contributed by atoms with van der Waals surface area (Å²) in [6.07, 6.45) is -1.60. The Morgan fingerprint density at radius 3 is 2.43 bits per heavy atom. The topological polar surface area (TPSA) is 78.9 Å². The van der Waals surface area contributed by atoms with Gasteiger partial charge in [0.2, 0.25) is 11.8 Å². The molecule has 0 fully saturated rings. The first kappa shape index (κ1) is 22.8. The molecule has 0 bridgehead atoms. The standard InChI is InChI=1S/C25H22F3N5O2/c1-4-16-5-7-17(8-6-16)20-11-18(12-23-31-30-15(3)34-23)24-32-29-14(2)33(24)22-10-9-19(13-21(20)22)35-25(26,27)28/h5-11,13,18H,4,12H2,1-3H3. The highest BCUT2D eigenvalue weighted by Crippen LogP contribution is 2.40. The first-order valence-corrected chi connectivity index (χ1v) is 11.1. The minimum Gasteiger partial charge on any atom is -0.426 e. The maximum atomic E-state index is 13.0. The fraction of sp³-hybridized carbons (Fsp3) is 0.280. The molecule has 0 N–H and O–H groups in total. The molecule has 0 amide bonds. The Kier molecular flexibility index (Phi) is 5.66. The molecule has 180 valence electrons. The first-order valence-electron chi connectivity index (χ1n) is 11.1. The second kappa shape index (κ2) is 8.68. The van der Waals surface area contributed by atoms with E-state index in [0.29, 0.717) is 41.1 Å². The highest BCUT2D eigenvalue weighted by molar-refractivity contribution is 5.86. The average Bonchev–Trinajstić information content (AvgIpc) is 3.37. The molecule has 2 aromatic heterocycles. The highest BCUT2D eigenvalue weighted by atomic mass is 19.4. The summed E-state index contributed by atoms with van der Waals surface area (Å²) < 4.78 is 50.8. The van der Waals surface area contributed by atoms with E-state index >= 15 is 0 Å². The zero-order chi connectivity index (χ0) is 24.7. The van der Waals surface area contributed by atoms with Crippen molar-refractivity contribution in [3.05, 3.63) is 88.7 Å². The van der Waals surface area contributed by atoms with Gasteiger partial charge in [-0.2, -0.15) is 0 Å². The molecular formula is C25H22F3N5O2.